The van der Waals surface area contributed by atoms with Crippen molar-refractivity contribution < 1.29 is 13.9 Å². The number of hydrogen-bond acceptors (Lipinski definition) is 4. The van der Waals surface area contributed by atoms with Gasteiger partial charge in [0.1, 0.15) is 17.4 Å². The standard InChI is InChI=1S/C24H25FN4O2/c1-31-20-8-4-18(5-9-20)24(12-13-24)23(30)29-14-10-17(11-15-29)22-26-21(27-28-22)16-2-6-19(25)7-3-16/h2-9,17H,10-15H2,1H3,(H,26,27,28). The molecule has 6 nitrogen and oxygen atoms in total. The first-order chi connectivity index (χ1) is 15.1. The molecule has 31 heavy (non-hydrogen) atoms. The Morgan fingerprint density at radius 3 is 2.39 bits per heavy atom. The Hall–Kier alpha value is -3.22. The summed E-state index contributed by atoms with van der Waals surface area (Å²) < 4.78 is 18.4. The van der Waals surface area contributed by atoms with Gasteiger partial charge in [-0.25, -0.2) is 9.37 Å². The maximum Gasteiger partial charge on any atom is 0.233 e. The lowest BCUT2D eigenvalue weighted by atomic mass is 9.91. The molecule has 1 amide bonds. The van der Waals surface area contributed by atoms with Crippen LogP contribution in [0.15, 0.2) is 48.5 Å². The number of H-pyrrole nitrogens is 1. The molecule has 7 heteroatoms. The summed E-state index contributed by atoms with van der Waals surface area (Å²) in [7, 11) is 1.65. The van der Waals surface area contributed by atoms with Gasteiger partial charge in [0.25, 0.3) is 0 Å². The van der Waals surface area contributed by atoms with Crippen LogP contribution in [-0.4, -0.2) is 46.2 Å². The fraction of sp³-hybridized carbons (Fsp3) is 0.375. The first-order valence-electron chi connectivity index (χ1n) is 10.7. The molecule has 1 saturated carbocycles. The fourth-order valence-corrected chi connectivity index (χ4v) is 4.50. The molecule has 5 rings (SSSR count). The van der Waals surface area contributed by atoms with Crippen molar-refractivity contribution in [2.24, 2.45) is 0 Å². The number of amides is 1. The minimum atomic E-state index is -0.360. The molecule has 3 aromatic rings. The first-order valence-corrected chi connectivity index (χ1v) is 10.7. The van der Waals surface area contributed by atoms with E-state index in [1.807, 2.05) is 29.2 Å². The van der Waals surface area contributed by atoms with E-state index in [0.29, 0.717) is 18.9 Å². The highest BCUT2D eigenvalue weighted by Gasteiger charge is 2.53. The van der Waals surface area contributed by atoms with Gasteiger partial charge in [-0.05, 0) is 67.6 Å². The average Bonchev–Trinajstić information content (AvgIpc) is 3.49. The number of nitrogens with zero attached hydrogens (tertiary/aromatic N) is 3. The smallest absolute Gasteiger partial charge is 0.233 e. The van der Waals surface area contributed by atoms with Crippen molar-refractivity contribution in [1.29, 1.82) is 0 Å². The largest absolute Gasteiger partial charge is 0.497 e. The van der Waals surface area contributed by atoms with E-state index in [9.17, 15) is 9.18 Å². The van der Waals surface area contributed by atoms with Gasteiger partial charge in [-0.15, -0.1) is 0 Å². The predicted molar refractivity (Wildman–Crippen MR) is 114 cm³/mol. The van der Waals surface area contributed by atoms with E-state index in [0.717, 1.165) is 48.4 Å². The Labute approximate surface area is 180 Å². The number of ether oxygens (including phenoxy) is 1. The number of likely N-dealkylation sites (tertiary alicyclic amines) is 1. The van der Waals surface area contributed by atoms with E-state index in [2.05, 4.69) is 15.2 Å². The molecule has 0 bridgehead atoms. The lowest BCUT2D eigenvalue weighted by molar-refractivity contribution is -0.135. The van der Waals surface area contributed by atoms with Crippen LogP contribution in [0.4, 0.5) is 4.39 Å². The van der Waals surface area contributed by atoms with E-state index in [-0.39, 0.29) is 23.1 Å². The van der Waals surface area contributed by atoms with E-state index in [1.54, 1.807) is 19.2 Å². The lowest BCUT2D eigenvalue weighted by Gasteiger charge is -2.34. The molecule has 2 fully saturated rings. The molecule has 1 aromatic heterocycles. The molecule has 0 radical (unpaired) electrons. The third-order valence-electron chi connectivity index (χ3n) is 6.58. The topological polar surface area (TPSA) is 71.1 Å². The molecular weight excluding hydrogens is 395 g/mol. The zero-order chi connectivity index (χ0) is 21.4. The second kappa shape index (κ2) is 7.80. The SMILES string of the molecule is COc1ccc(C2(C(=O)N3CCC(c4nc(-c5ccc(F)cc5)n[nH]4)CC3)CC2)cc1. The number of piperidine rings is 1. The summed E-state index contributed by atoms with van der Waals surface area (Å²) in [4.78, 5) is 20.0. The van der Waals surface area contributed by atoms with Crippen LogP contribution in [0.25, 0.3) is 11.4 Å². The van der Waals surface area contributed by atoms with Crippen LogP contribution >= 0.6 is 0 Å². The summed E-state index contributed by atoms with van der Waals surface area (Å²) in [5, 5.41) is 7.34. The molecule has 2 heterocycles. The number of benzene rings is 2. The molecule has 0 unspecified atom stereocenters. The van der Waals surface area contributed by atoms with Crippen molar-refractivity contribution in [3.05, 3.63) is 65.7 Å². The molecule has 0 atom stereocenters. The lowest BCUT2D eigenvalue weighted by Crippen LogP contribution is -2.43. The van der Waals surface area contributed by atoms with Gasteiger partial charge >= 0.3 is 0 Å². The number of halogens is 1. The molecule has 1 aliphatic carbocycles. The summed E-state index contributed by atoms with van der Waals surface area (Å²) in [6.07, 6.45) is 3.51. The maximum atomic E-state index is 13.3. The predicted octanol–water partition coefficient (Wildman–Crippen LogP) is 4.06. The Balaban J connectivity index is 1.23. The summed E-state index contributed by atoms with van der Waals surface area (Å²) in [5.74, 6) is 2.41. The van der Waals surface area contributed by atoms with Crippen LogP contribution < -0.4 is 4.74 Å². The van der Waals surface area contributed by atoms with Gasteiger partial charge in [-0.1, -0.05) is 12.1 Å². The van der Waals surface area contributed by atoms with Crippen molar-refractivity contribution in [2.75, 3.05) is 20.2 Å². The van der Waals surface area contributed by atoms with Gasteiger partial charge in [-0.2, -0.15) is 5.10 Å². The monoisotopic (exact) mass is 420 g/mol. The minimum absolute atomic E-state index is 0.237. The minimum Gasteiger partial charge on any atom is -0.497 e. The van der Waals surface area contributed by atoms with Crippen LogP contribution in [0.2, 0.25) is 0 Å². The summed E-state index contributed by atoms with van der Waals surface area (Å²) in [6.45, 7) is 1.43. The van der Waals surface area contributed by atoms with Crippen molar-refractivity contribution in [3.8, 4) is 17.1 Å². The number of rotatable bonds is 5. The molecular formula is C24H25FN4O2. The number of nitrogens with one attached hydrogen (secondary N) is 1. The molecule has 1 saturated heterocycles. The Morgan fingerprint density at radius 1 is 1.10 bits per heavy atom. The van der Waals surface area contributed by atoms with Crippen LogP contribution in [0.5, 0.6) is 5.75 Å². The second-order valence-electron chi connectivity index (χ2n) is 8.43. The quantitative estimate of drug-likeness (QED) is 0.676. The van der Waals surface area contributed by atoms with E-state index >= 15 is 0 Å². The van der Waals surface area contributed by atoms with Crippen LogP contribution in [0.1, 0.15) is 43.0 Å². The van der Waals surface area contributed by atoms with Gasteiger partial charge in [0.05, 0.1) is 12.5 Å². The van der Waals surface area contributed by atoms with E-state index < -0.39 is 0 Å². The van der Waals surface area contributed by atoms with Gasteiger partial charge in [0.15, 0.2) is 5.82 Å². The molecule has 1 N–H and O–H groups in total. The number of carbonyl (C=O) groups excluding carboxylic acids is 1. The number of methoxy groups -OCH3 is 1. The fourth-order valence-electron chi connectivity index (χ4n) is 4.50. The van der Waals surface area contributed by atoms with Gasteiger partial charge in [0, 0.05) is 24.6 Å². The highest BCUT2D eigenvalue weighted by molar-refractivity contribution is 5.91. The van der Waals surface area contributed by atoms with Crippen molar-refractivity contribution in [2.45, 2.75) is 37.0 Å². The highest BCUT2D eigenvalue weighted by atomic mass is 19.1. The van der Waals surface area contributed by atoms with E-state index in [4.69, 9.17) is 4.74 Å². The maximum absolute atomic E-state index is 13.3. The third kappa shape index (κ3) is 3.69. The van der Waals surface area contributed by atoms with Crippen LogP contribution in [0, 0.1) is 5.82 Å². The summed E-state index contributed by atoms with van der Waals surface area (Å²) >= 11 is 0. The second-order valence-corrected chi connectivity index (χ2v) is 8.43. The van der Waals surface area contributed by atoms with E-state index in [1.165, 1.54) is 12.1 Å². The molecule has 1 aliphatic heterocycles. The van der Waals surface area contributed by atoms with Crippen LogP contribution in [0.3, 0.4) is 0 Å². The van der Waals surface area contributed by atoms with Crippen molar-refractivity contribution >= 4 is 5.91 Å². The van der Waals surface area contributed by atoms with Crippen molar-refractivity contribution in [3.63, 3.8) is 0 Å². The molecule has 2 aliphatic rings. The van der Waals surface area contributed by atoms with Crippen molar-refractivity contribution in [1.82, 2.24) is 20.1 Å². The summed E-state index contributed by atoms with van der Waals surface area (Å²) in [5.41, 5.74) is 1.51. The van der Waals surface area contributed by atoms with Gasteiger partial charge in [0.2, 0.25) is 5.91 Å². The zero-order valence-electron chi connectivity index (χ0n) is 17.5. The Kier molecular flexibility index (Phi) is 4.96. The Bertz CT molecular complexity index is 1070. The number of aromatic amines is 1. The van der Waals surface area contributed by atoms with Gasteiger partial charge in [-0.3, -0.25) is 9.89 Å². The van der Waals surface area contributed by atoms with Crippen LogP contribution in [-0.2, 0) is 10.2 Å². The Morgan fingerprint density at radius 2 is 1.77 bits per heavy atom. The zero-order valence-corrected chi connectivity index (χ0v) is 17.5. The number of carbonyl (C=O) groups is 1. The molecule has 0 spiro atoms. The highest BCUT2D eigenvalue weighted by Crippen LogP contribution is 2.50. The average molecular weight is 420 g/mol. The van der Waals surface area contributed by atoms with Gasteiger partial charge < -0.3 is 9.64 Å². The molecule has 160 valence electrons. The summed E-state index contributed by atoms with van der Waals surface area (Å²) in [6, 6.07) is 14.1. The first kappa shape index (κ1) is 19.7. The molecule has 2 aromatic carbocycles. The third-order valence-corrected chi connectivity index (χ3v) is 6.58. The number of hydrogen-bond donors (Lipinski definition) is 1. The normalized spacial score (nSPS) is 18.1. The number of aromatic nitrogens is 3.